The first kappa shape index (κ1) is 14.9. The number of hydrogen-bond donors (Lipinski definition) is 4. The van der Waals surface area contributed by atoms with Crippen molar-refractivity contribution in [1.29, 1.82) is 0 Å². The first-order valence-corrected chi connectivity index (χ1v) is 7.50. The molecule has 2 aromatic rings. The Morgan fingerprint density at radius 3 is 2.86 bits per heavy atom. The van der Waals surface area contributed by atoms with Gasteiger partial charge in [0, 0.05) is 22.5 Å². The number of fused-ring (bicyclic) bond motifs is 1. The van der Waals surface area contributed by atoms with Crippen LogP contribution in [0.1, 0.15) is 23.3 Å². The van der Waals surface area contributed by atoms with E-state index in [-0.39, 0.29) is 17.5 Å². The lowest BCUT2D eigenvalue weighted by molar-refractivity contribution is -0.120. The van der Waals surface area contributed by atoms with Crippen LogP contribution in [0.5, 0.6) is 0 Å². The summed E-state index contributed by atoms with van der Waals surface area (Å²) in [6.07, 6.45) is 1.74. The summed E-state index contributed by atoms with van der Waals surface area (Å²) in [7, 11) is 0. The van der Waals surface area contributed by atoms with Gasteiger partial charge in [-0.25, -0.2) is 4.79 Å². The first-order valence-electron chi connectivity index (χ1n) is 7.12. The van der Waals surface area contributed by atoms with Gasteiger partial charge in [-0.1, -0.05) is 11.6 Å². The average molecular weight is 322 g/mol. The minimum Gasteiger partial charge on any atom is -0.477 e. The number of nitrogens with one attached hydrogen (secondary N) is 3. The molecule has 22 heavy (non-hydrogen) atoms. The summed E-state index contributed by atoms with van der Waals surface area (Å²) in [5, 5.41) is 16.4. The second-order valence-corrected chi connectivity index (χ2v) is 5.84. The third kappa shape index (κ3) is 2.80. The average Bonchev–Trinajstić information content (AvgIpc) is 2.86. The maximum atomic E-state index is 12.4. The van der Waals surface area contributed by atoms with Gasteiger partial charge in [0.05, 0.1) is 11.6 Å². The molecule has 3 rings (SSSR count). The van der Waals surface area contributed by atoms with Gasteiger partial charge in [-0.15, -0.1) is 0 Å². The number of benzene rings is 1. The minimum atomic E-state index is -1.12. The molecule has 116 valence electrons. The molecule has 1 aliphatic heterocycles. The number of H-pyrrole nitrogens is 1. The number of aromatic amines is 1. The van der Waals surface area contributed by atoms with E-state index in [0.717, 1.165) is 19.4 Å². The largest absolute Gasteiger partial charge is 0.477 e. The second-order valence-electron chi connectivity index (χ2n) is 5.40. The Bertz CT molecular complexity index is 735. The normalized spacial score (nSPS) is 18.3. The van der Waals surface area contributed by atoms with Crippen LogP contribution in [-0.2, 0) is 4.79 Å². The fraction of sp³-hybridized carbons (Fsp3) is 0.333. The second kappa shape index (κ2) is 5.98. The lowest BCUT2D eigenvalue weighted by atomic mass is 9.98. The number of carboxylic acids is 1. The lowest BCUT2D eigenvalue weighted by Crippen LogP contribution is -2.37. The van der Waals surface area contributed by atoms with Crippen molar-refractivity contribution in [3.8, 4) is 0 Å². The fourth-order valence-corrected chi connectivity index (χ4v) is 2.93. The monoisotopic (exact) mass is 321 g/mol. The van der Waals surface area contributed by atoms with Crippen LogP contribution in [0, 0.1) is 5.92 Å². The predicted octanol–water partition coefficient (Wildman–Crippen LogP) is 2.46. The number of halogens is 1. The highest BCUT2D eigenvalue weighted by molar-refractivity contribution is 6.31. The van der Waals surface area contributed by atoms with E-state index in [0.29, 0.717) is 28.2 Å². The standard InChI is InChI=1S/C15H16ClN3O3/c16-9-3-4-10-11(6-9)18-13(15(21)22)12(10)19-14(20)8-2-1-5-17-7-8/h3-4,6,8,17-18H,1-2,5,7H2,(H,19,20)(H,21,22). The predicted molar refractivity (Wildman–Crippen MR) is 84.5 cm³/mol. The molecule has 1 aromatic carbocycles. The maximum absolute atomic E-state index is 12.4. The number of amides is 1. The summed E-state index contributed by atoms with van der Waals surface area (Å²) in [5.74, 6) is -1.43. The third-order valence-electron chi connectivity index (χ3n) is 3.89. The van der Waals surface area contributed by atoms with E-state index in [1.807, 2.05) is 0 Å². The maximum Gasteiger partial charge on any atom is 0.354 e. The number of carbonyl (C=O) groups excluding carboxylic acids is 1. The van der Waals surface area contributed by atoms with E-state index in [1.165, 1.54) is 0 Å². The van der Waals surface area contributed by atoms with Gasteiger partial charge in [-0.2, -0.15) is 0 Å². The number of carboxylic acid groups (broad SMARTS) is 1. The van der Waals surface area contributed by atoms with E-state index >= 15 is 0 Å². The number of rotatable bonds is 3. The van der Waals surface area contributed by atoms with Crippen LogP contribution in [0.3, 0.4) is 0 Å². The van der Waals surface area contributed by atoms with Crippen molar-refractivity contribution in [3.63, 3.8) is 0 Å². The summed E-state index contributed by atoms with van der Waals surface area (Å²) in [5.41, 5.74) is 0.853. The van der Waals surface area contributed by atoms with E-state index in [9.17, 15) is 14.7 Å². The number of piperidine rings is 1. The Hall–Kier alpha value is -2.05. The van der Waals surface area contributed by atoms with Gasteiger partial charge in [0.25, 0.3) is 0 Å². The summed E-state index contributed by atoms with van der Waals surface area (Å²) in [4.78, 5) is 26.6. The highest BCUT2D eigenvalue weighted by atomic mass is 35.5. The fourth-order valence-electron chi connectivity index (χ4n) is 2.76. The zero-order chi connectivity index (χ0) is 15.7. The first-order chi connectivity index (χ1) is 10.6. The van der Waals surface area contributed by atoms with Crippen molar-refractivity contribution in [2.45, 2.75) is 12.8 Å². The molecular formula is C15H16ClN3O3. The molecule has 6 nitrogen and oxygen atoms in total. The van der Waals surface area contributed by atoms with Crippen LogP contribution in [0.4, 0.5) is 5.69 Å². The number of carbonyl (C=O) groups is 2. The van der Waals surface area contributed by atoms with Crippen molar-refractivity contribution < 1.29 is 14.7 Å². The molecule has 1 saturated heterocycles. The molecule has 4 N–H and O–H groups in total. The molecule has 1 amide bonds. The molecule has 1 unspecified atom stereocenters. The summed E-state index contributed by atoms with van der Waals surface area (Å²) in [6, 6.07) is 5.01. The Morgan fingerprint density at radius 1 is 1.36 bits per heavy atom. The van der Waals surface area contributed by atoms with Crippen molar-refractivity contribution >= 4 is 40.1 Å². The number of aromatic carboxylic acids is 1. The molecule has 7 heteroatoms. The molecule has 1 atom stereocenters. The molecule has 0 bridgehead atoms. The van der Waals surface area contributed by atoms with Gasteiger partial charge in [0.1, 0.15) is 5.69 Å². The number of hydrogen-bond acceptors (Lipinski definition) is 3. The van der Waals surface area contributed by atoms with Gasteiger partial charge in [-0.3, -0.25) is 4.79 Å². The molecule has 1 aromatic heterocycles. The van der Waals surface area contributed by atoms with E-state index in [1.54, 1.807) is 18.2 Å². The zero-order valence-electron chi connectivity index (χ0n) is 11.8. The Balaban J connectivity index is 1.95. The summed E-state index contributed by atoms with van der Waals surface area (Å²) in [6.45, 7) is 1.53. The Kier molecular flexibility index (Phi) is 4.04. The number of aromatic nitrogens is 1. The molecule has 0 spiro atoms. The molecule has 1 aliphatic rings. The summed E-state index contributed by atoms with van der Waals surface area (Å²) < 4.78 is 0. The third-order valence-corrected chi connectivity index (χ3v) is 4.13. The SMILES string of the molecule is O=C(O)c1[nH]c2cc(Cl)ccc2c1NC(=O)C1CCCNC1. The van der Waals surface area contributed by atoms with Crippen LogP contribution in [-0.4, -0.2) is 35.1 Å². The molecule has 0 saturated carbocycles. The highest BCUT2D eigenvalue weighted by Gasteiger charge is 2.24. The molecule has 0 radical (unpaired) electrons. The van der Waals surface area contributed by atoms with Crippen LogP contribution in [0.15, 0.2) is 18.2 Å². The van der Waals surface area contributed by atoms with Crippen LogP contribution in [0.25, 0.3) is 10.9 Å². The van der Waals surface area contributed by atoms with Crippen LogP contribution < -0.4 is 10.6 Å². The van der Waals surface area contributed by atoms with E-state index < -0.39 is 5.97 Å². The topological polar surface area (TPSA) is 94.2 Å². The summed E-state index contributed by atoms with van der Waals surface area (Å²) >= 11 is 5.92. The lowest BCUT2D eigenvalue weighted by Gasteiger charge is -2.21. The Morgan fingerprint density at radius 2 is 2.18 bits per heavy atom. The number of anilines is 1. The van der Waals surface area contributed by atoms with Gasteiger partial charge in [-0.05, 0) is 37.6 Å². The van der Waals surface area contributed by atoms with Gasteiger partial charge in [0.15, 0.2) is 0 Å². The van der Waals surface area contributed by atoms with Gasteiger partial charge in [0.2, 0.25) is 5.91 Å². The zero-order valence-corrected chi connectivity index (χ0v) is 12.5. The minimum absolute atomic E-state index is 0.0330. The van der Waals surface area contributed by atoms with E-state index in [2.05, 4.69) is 15.6 Å². The highest BCUT2D eigenvalue weighted by Crippen LogP contribution is 2.30. The molecule has 2 heterocycles. The Labute approximate surface area is 131 Å². The van der Waals surface area contributed by atoms with Crippen molar-refractivity contribution in [2.75, 3.05) is 18.4 Å². The molecule has 1 fully saturated rings. The molecular weight excluding hydrogens is 306 g/mol. The molecule has 0 aliphatic carbocycles. The van der Waals surface area contributed by atoms with Crippen molar-refractivity contribution in [3.05, 3.63) is 28.9 Å². The van der Waals surface area contributed by atoms with Crippen molar-refractivity contribution in [2.24, 2.45) is 5.92 Å². The quantitative estimate of drug-likeness (QED) is 0.698. The smallest absolute Gasteiger partial charge is 0.354 e. The van der Waals surface area contributed by atoms with E-state index in [4.69, 9.17) is 11.6 Å². The van der Waals surface area contributed by atoms with Crippen LogP contribution >= 0.6 is 11.6 Å². The van der Waals surface area contributed by atoms with Gasteiger partial charge < -0.3 is 20.7 Å². The van der Waals surface area contributed by atoms with Crippen LogP contribution in [0.2, 0.25) is 5.02 Å². The van der Waals surface area contributed by atoms with Crippen molar-refractivity contribution in [1.82, 2.24) is 10.3 Å². The van der Waals surface area contributed by atoms with Gasteiger partial charge >= 0.3 is 5.97 Å².